The van der Waals surface area contributed by atoms with Crippen molar-refractivity contribution in [1.29, 1.82) is 0 Å². The van der Waals surface area contributed by atoms with Crippen molar-refractivity contribution in [3.63, 3.8) is 0 Å². The van der Waals surface area contributed by atoms with Gasteiger partial charge in [0.25, 0.3) is 0 Å². The fourth-order valence-electron chi connectivity index (χ4n) is 1.69. The lowest BCUT2D eigenvalue weighted by molar-refractivity contribution is -0.141. The van der Waals surface area contributed by atoms with Gasteiger partial charge in [-0.1, -0.05) is 12.1 Å². The Morgan fingerprint density at radius 3 is 1.86 bits per heavy atom. The molecule has 112 valence electrons. The van der Waals surface area contributed by atoms with Gasteiger partial charge in [-0.25, -0.2) is 9.97 Å². The summed E-state index contributed by atoms with van der Waals surface area (Å²) in [7, 11) is 0. The van der Waals surface area contributed by atoms with E-state index in [0.29, 0.717) is 6.07 Å². The molecular weight excluding hydrogens is 298 g/mol. The normalized spacial score (nSPS) is 12.5. The molecule has 0 N–H and O–H groups in total. The highest BCUT2D eigenvalue weighted by molar-refractivity contribution is 5.60. The maximum absolute atomic E-state index is 12.6. The first-order valence-electron chi connectivity index (χ1n) is 5.68. The van der Waals surface area contributed by atoms with E-state index in [-0.39, 0.29) is 17.1 Å². The smallest absolute Gasteiger partial charge is 0.233 e. The Bertz CT molecular complexity index is 643. The van der Waals surface area contributed by atoms with Crippen molar-refractivity contribution in [3.8, 4) is 11.3 Å². The zero-order chi connectivity index (χ0) is 15.8. The first-order valence-corrected chi connectivity index (χ1v) is 5.68. The van der Waals surface area contributed by atoms with Crippen LogP contribution in [-0.4, -0.2) is 9.97 Å². The van der Waals surface area contributed by atoms with Gasteiger partial charge in [-0.15, -0.1) is 0 Å². The maximum Gasteiger partial charge on any atom is 0.433 e. The van der Waals surface area contributed by atoms with E-state index in [0.717, 1.165) is 24.3 Å². The lowest BCUT2D eigenvalue weighted by atomic mass is 10.1. The quantitative estimate of drug-likeness (QED) is 0.725. The standard InChI is InChI=1S/C13H8F6N2/c1-7-20-10(6-11(21-7)13(17,18)19)8-2-4-9(5-3-8)12(14,15)16/h2-6H,1H3. The van der Waals surface area contributed by atoms with Crippen LogP contribution in [0.15, 0.2) is 30.3 Å². The van der Waals surface area contributed by atoms with E-state index < -0.39 is 23.6 Å². The minimum Gasteiger partial charge on any atom is -0.233 e. The fourth-order valence-corrected chi connectivity index (χ4v) is 1.69. The van der Waals surface area contributed by atoms with Crippen LogP contribution in [0.5, 0.6) is 0 Å². The second kappa shape index (κ2) is 5.01. The summed E-state index contributed by atoms with van der Waals surface area (Å²) in [4.78, 5) is 7.09. The van der Waals surface area contributed by atoms with Crippen molar-refractivity contribution >= 4 is 0 Å². The summed E-state index contributed by atoms with van der Waals surface area (Å²) in [6.07, 6.45) is -9.15. The van der Waals surface area contributed by atoms with Gasteiger partial charge in [-0.2, -0.15) is 26.3 Å². The van der Waals surface area contributed by atoms with Crippen LogP contribution in [0.1, 0.15) is 17.1 Å². The molecule has 0 saturated carbocycles. The van der Waals surface area contributed by atoms with Crippen molar-refractivity contribution in [1.82, 2.24) is 9.97 Å². The molecule has 0 aliphatic carbocycles. The first-order chi connectivity index (χ1) is 9.57. The van der Waals surface area contributed by atoms with Gasteiger partial charge in [0.2, 0.25) is 0 Å². The average molecular weight is 306 g/mol. The molecule has 0 bridgehead atoms. The Morgan fingerprint density at radius 1 is 0.810 bits per heavy atom. The van der Waals surface area contributed by atoms with E-state index in [9.17, 15) is 26.3 Å². The van der Waals surface area contributed by atoms with E-state index in [1.54, 1.807) is 0 Å². The van der Waals surface area contributed by atoms with Crippen LogP contribution in [0.25, 0.3) is 11.3 Å². The Balaban J connectivity index is 2.45. The molecule has 0 amide bonds. The second-order valence-electron chi connectivity index (χ2n) is 4.26. The molecular formula is C13H8F6N2. The number of aryl methyl sites for hydroxylation is 1. The van der Waals surface area contributed by atoms with E-state index in [1.807, 2.05) is 0 Å². The summed E-state index contributed by atoms with van der Waals surface area (Å²) in [5.41, 5.74) is -1.94. The lowest BCUT2D eigenvalue weighted by Gasteiger charge is -2.10. The molecule has 2 aromatic rings. The summed E-state index contributed by atoms with van der Waals surface area (Å²) in [5.74, 6) is -0.111. The Kier molecular flexibility index (Phi) is 3.65. The monoisotopic (exact) mass is 306 g/mol. The number of benzene rings is 1. The van der Waals surface area contributed by atoms with Crippen LogP contribution in [0.3, 0.4) is 0 Å². The number of aromatic nitrogens is 2. The summed E-state index contributed by atoms with van der Waals surface area (Å²) < 4.78 is 75.2. The Labute approximate surface area is 115 Å². The van der Waals surface area contributed by atoms with Gasteiger partial charge in [0.15, 0.2) is 0 Å². The first kappa shape index (κ1) is 15.3. The largest absolute Gasteiger partial charge is 0.433 e. The molecule has 0 fully saturated rings. The van der Waals surface area contributed by atoms with Crippen LogP contribution < -0.4 is 0 Å². The number of alkyl halides is 6. The third-order valence-corrected chi connectivity index (χ3v) is 2.64. The molecule has 8 heteroatoms. The molecule has 0 aliphatic heterocycles. The van der Waals surface area contributed by atoms with Crippen molar-refractivity contribution in [2.45, 2.75) is 19.3 Å². The molecule has 1 heterocycles. The summed E-state index contributed by atoms with van der Waals surface area (Å²) in [5, 5.41) is 0. The van der Waals surface area contributed by atoms with Crippen molar-refractivity contribution in [2.75, 3.05) is 0 Å². The molecule has 1 aromatic heterocycles. The number of hydrogen-bond acceptors (Lipinski definition) is 2. The van der Waals surface area contributed by atoms with Crippen molar-refractivity contribution < 1.29 is 26.3 Å². The Morgan fingerprint density at radius 2 is 1.38 bits per heavy atom. The van der Waals surface area contributed by atoms with Crippen LogP contribution >= 0.6 is 0 Å². The lowest BCUT2D eigenvalue weighted by Crippen LogP contribution is -2.10. The van der Waals surface area contributed by atoms with Crippen LogP contribution in [0.4, 0.5) is 26.3 Å². The summed E-state index contributed by atoms with van der Waals surface area (Å²) in [6, 6.07) is 4.44. The fraction of sp³-hybridized carbons (Fsp3) is 0.231. The highest BCUT2D eigenvalue weighted by Crippen LogP contribution is 2.32. The SMILES string of the molecule is Cc1nc(-c2ccc(C(F)(F)F)cc2)cc(C(F)(F)F)n1. The highest BCUT2D eigenvalue weighted by atomic mass is 19.4. The molecule has 21 heavy (non-hydrogen) atoms. The van der Waals surface area contributed by atoms with Crippen LogP contribution in [0.2, 0.25) is 0 Å². The van der Waals surface area contributed by atoms with E-state index >= 15 is 0 Å². The van der Waals surface area contributed by atoms with Crippen molar-refractivity contribution in [3.05, 3.63) is 47.4 Å². The number of rotatable bonds is 1. The molecule has 0 radical (unpaired) electrons. The minimum absolute atomic E-state index is 0.0800. The van der Waals surface area contributed by atoms with Crippen molar-refractivity contribution in [2.24, 2.45) is 0 Å². The van der Waals surface area contributed by atoms with E-state index in [1.165, 1.54) is 6.92 Å². The van der Waals surface area contributed by atoms with Gasteiger partial charge in [0.1, 0.15) is 11.5 Å². The van der Waals surface area contributed by atoms with Gasteiger partial charge in [0.05, 0.1) is 11.3 Å². The Hall–Kier alpha value is -2.12. The number of halogens is 6. The summed E-state index contributed by atoms with van der Waals surface area (Å²) in [6.45, 7) is 1.28. The predicted molar refractivity (Wildman–Crippen MR) is 62.2 cm³/mol. The van der Waals surface area contributed by atoms with Crippen LogP contribution in [-0.2, 0) is 12.4 Å². The molecule has 0 aliphatic rings. The maximum atomic E-state index is 12.6. The molecule has 0 spiro atoms. The van der Waals surface area contributed by atoms with Gasteiger partial charge in [-0.3, -0.25) is 0 Å². The second-order valence-corrected chi connectivity index (χ2v) is 4.26. The van der Waals surface area contributed by atoms with Gasteiger partial charge < -0.3 is 0 Å². The molecule has 0 saturated heterocycles. The topological polar surface area (TPSA) is 25.8 Å². The van der Waals surface area contributed by atoms with Gasteiger partial charge in [-0.05, 0) is 25.1 Å². The van der Waals surface area contributed by atoms with Crippen LogP contribution in [0, 0.1) is 6.92 Å². The zero-order valence-electron chi connectivity index (χ0n) is 10.5. The number of hydrogen-bond donors (Lipinski definition) is 0. The average Bonchev–Trinajstić information content (AvgIpc) is 2.36. The summed E-state index contributed by atoms with van der Waals surface area (Å²) >= 11 is 0. The molecule has 2 nitrogen and oxygen atoms in total. The minimum atomic E-state index is -4.64. The number of nitrogens with zero attached hydrogens (tertiary/aromatic N) is 2. The predicted octanol–water partition coefficient (Wildman–Crippen LogP) is 4.49. The molecule has 2 rings (SSSR count). The third kappa shape index (κ3) is 3.50. The van der Waals surface area contributed by atoms with E-state index in [2.05, 4.69) is 9.97 Å². The molecule has 0 unspecified atom stereocenters. The van der Waals surface area contributed by atoms with Gasteiger partial charge in [0, 0.05) is 5.56 Å². The zero-order valence-corrected chi connectivity index (χ0v) is 10.5. The molecule has 1 aromatic carbocycles. The third-order valence-electron chi connectivity index (χ3n) is 2.64. The van der Waals surface area contributed by atoms with E-state index in [4.69, 9.17) is 0 Å². The molecule has 0 atom stereocenters. The van der Waals surface area contributed by atoms with Gasteiger partial charge >= 0.3 is 12.4 Å². The highest BCUT2D eigenvalue weighted by Gasteiger charge is 2.33.